The molecule has 0 saturated carbocycles. The zero-order chi connectivity index (χ0) is 14.8. The van der Waals surface area contributed by atoms with E-state index in [-0.39, 0.29) is 0 Å². The van der Waals surface area contributed by atoms with E-state index in [4.69, 9.17) is 14.5 Å². The Bertz CT molecular complexity index is 340. The Balaban J connectivity index is 2.84. The second-order valence-electron chi connectivity index (χ2n) is 4.62. The number of thiazole rings is 1. The second kappa shape index (κ2) is 10.1. The average Bonchev–Trinajstić information content (AvgIpc) is 2.83. The molecule has 0 aliphatic heterocycles. The summed E-state index contributed by atoms with van der Waals surface area (Å²) in [6, 6.07) is 0. The van der Waals surface area contributed by atoms with Gasteiger partial charge in [-0.3, -0.25) is 0 Å². The van der Waals surface area contributed by atoms with Crippen molar-refractivity contribution in [3.63, 3.8) is 0 Å². The molecule has 0 unspecified atom stereocenters. The van der Waals surface area contributed by atoms with Gasteiger partial charge in [-0.25, -0.2) is 4.98 Å². The minimum Gasteiger partial charge on any atom is -0.383 e. The van der Waals surface area contributed by atoms with Crippen molar-refractivity contribution < 1.29 is 9.47 Å². The van der Waals surface area contributed by atoms with E-state index in [1.54, 1.807) is 25.6 Å². The molecule has 0 radical (unpaired) electrons. The van der Waals surface area contributed by atoms with Crippen molar-refractivity contribution >= 4 is 16.5 Å². The summed E-state index contributed by atoms with van der Waals surface area (Å²) in [4.78, 5) is 8.40. The maximum absolute atomic E-state index is 5.19. The minimum atomic E-state index is 0.702. The molecule has 1 aromatic rings. The first-order valence-corrected chi connectivity index (χ1v) is 7.94. The molecule has 0 atom stereocenters. The summed E-state index contributed by atoms with van der Waals surface area (Å²) in [6.07, 6.45) is 2.16. The van der Waals surface area contributed by atoms with Crippen LogP contribution < -0.4 is 10.2 Å². The molecule has 6 heteroatoms. The van der Waals surface area contributed by atoms with Gasteiger partial charge in [-0.05, 0) is 13.5 Å². The van der Waals surface area contributed by atoms with Crippen LogP contribution in [0.5, 0.6) is 0 Å². The van der Waals surface area contributed by atoms with E-state index < -0.39 is 0 Å². The van der Waals surface area contributed by atoms with Gasteiger partial charge in [-0.15, -0.1) is 11.3 Å². The predicted molar refractivity (Wildman–Crippen MR) is 84.8 cm³/mol. The molecular weight excluding hydrogens is 274 g/mol. The number of rotatable bonds is 11. The van der Waals surface area contributed by atoms with Crippen LogP contribution in [0.15, 0.2) is 0 Å². The maximum atomic E-state index is 5.19. The van der Waals surface area contributed by atoms with Crippen LogP contribution in [0.2, 0.25) is 0 Å². The number of hydrogen-bond acceptors (Lipinski definition) is 6. The van der Waals surface area contributed by atoms with Crippen LogP contribution in [0.4, 0.5) is 5.13 Å². The van der Waals surface area contributed by atoms with Gasteiger partial charge in [-0.1, -0.05) is 13.3 Å². The molecule has 0 spiro atoms. The molecule has 0 fully saturated rings. The van der Waals surface area contributed by atoms with Crippen molar-refractivity contribution in [2.24, 2.45) is 0 Å². The van der Waals surface area contributed by atoms with Crippen LogP contribution in [0.1, 0.15) is 23.9 Å². The Labute approximate surface area is 126 Å². The fourth-order valence-corrected chi connectivity index (χ4v) is 3.11. The number of aromatic nitrogens is 1. The first-order chi connectivity index (χ1) is 9.76. The quantitative estimate of drug-likeness (QED) is 0.676. The summed E-state index contributed by atoms with van der Waals surface area (Å²) in [6.45, 7) is 6.17. The molecule has 0 aliphatic carbocycles. The highest BCUT2D eigenvalue weighted by atomic mass is 32.1. The van der Waals surface area contributed by atoms with Crippen LogP contribution in [-0.4, -0.2) is 52.6 Å². The highest BCUT2D eigenvalue weighted by Crippen LogP contribution is 2.27. The summed E-state index contributed by atoms with van der Waals surface area (Å²) in [7, 11) is 5.43. The topological polar surface area (TPSA) is 46.6 Å². The number of nitrogens with zero attached hydrogens (tertiary/aromatic N) is 2. The lowest BCUT2D eigenvalue weighted by Crippen LogP contribution is -2.30. The molecule has 5 nitrogen and oxygen atoms in total. The Hall–Kier alpha value is -0.690. The number of ether oxygens (including phenoxy) is 2. The zero-order valence-corrected chi connectivity index (χ0v) is 13.9. The first kappa shape index (κ1) is 17.4. The van der Waals surface area contributed by atoms with Crippen molar-refractivity contribution in [1.29, 1.82) is 0 Å². The normalized spacial score (nSPS) is 11.0. The van der Waals surface area contributed by atoms with Crippen molar-refractivity contribution in [2.45, 2.75) is 26.3 Å². The van der Waals surface area contributed by atoms with Gasteiger partial charge in [0.2, 0.25) is 0 Å². The third-order valence-electron chi connectivity index (χ3n) is 2.99. The maximum Gasteiger partial charge on any atom is 0.185 e. The lowest BCUT2D eigenvalue weighted by atomic mass is 10.2. The van der Waals surface area contributed by atoms with E-state index >= 15 is 0 Å². The third kappa shape index (κ3) is 5.36. The van der Waals surface area contributed by atoms with Gasteiger partial charge >= 0.3 is 0 Å². The number of nitrogens with one attached hydrogen (secondary N) is 1. The minimum absolute atomic E-state index is 0.702. The number of aryl methyl sites for hydroxylation is 1. The van der Waals surface area contributed by atoms with Gasteiger partial charge in [0.05, 0.1) is 18.9 Å². The number of hydrogen-bond donors (Lipinski definition) is 1. The number of methoxy groups -OCH3 is 2. The second-order valence-corrected chi connectivity index (χ2v) is 5.68. The lowest BCUT2D eigenvalue weighted by Gasteiger charge is -2.20. The Morgan fingerprint density at radius 1 is 1.20 bits per heavy atom. The van der Waals surface area contributed by atoms with Crippen LogP contribution in [0, 0.1) is 0 Å². The van der Waals surface area contributed by atoms with Gasteiger partial charge in [0.25, 0.3) is 0 Å². The Morgan fingerprint density at radius 2 is 1.85 bits per heavy atom. The number of anilines is 1. The lowest BCUT2D eigenvalue weighted by molar-refractivity contribution is 0.190. The van der Waals surface area contributed by atoms with Gasteiger partial charge in [0.15, 0.2) is 5.13 Å². The summed E-state index contributed by atoms with van der Waals surface area (Å²) < 4.78 is 10.4. The van der Waals surface area contributed by atoms with Crippen molar-refractivity contribution in [3.8, 4) is 0 Å². The van der Waals surface area contributed by atoms with E-state index in [2.05, 4.69) is 17.1 Å². The molecule has 116 valence electrons. The molecule has 0 amide bonds. The molecule has 0 saturated heterocycles. The summed E-state index contributed by atoms with van der Waals surface area (Å²) in [5.74, 6) is 0. The Kier molecular flexibility index (Phi) is 8.77. The van der Waals surface area contributed by atoms with E-state index in [0.29, 0.717) is 13.2 Å². The average molecular weight is 301 g/mol. The molecule has 1 heterocycles. The van der Waals surface area contributed by atoms with E-state index in [1.807, 2.05) is 7.05 Å². The molecule has 1 aromatic heterocycles. The van der Waals surface area contributed by atoms with Crippen LogP contribution in [0.3, 0.4) is 0 Å². The fourth-order valence-electron chi connectivity index (χ4n) is 1.94. The third-order valence-corrected chi connectivity index (χ3v) is 4.15. The highest BCUT2D eigenvalue weighted by molar-refractivity contribution is 7.15. The smallest absolute Gasteiger partial charge is 0.185 e. The summed E-state index contributed by atoms with van der Waals surface area (Å²) >= 11 is 1.77. The highest BCUT2D eigenvalue weighted by Gasteiger charge is 2.15. The van der Waals surface area contributed by atoms with Gasteiger partial charge in [0, 0.05) is 38.7 Å². The molecule has 0 bridgehead atoms. The predicted octanol–water partition coefficient (Wildman–Crippen LogP) is 1.91. The van der Waals surface area contributed by atoms with Crippen molar-refractivity contribution in [1.82, 2.24) is 10.3 Å². The van der Waals surface area contributed by atoms with E-state index in [0.717, 1.165) is 37.6 Å². The molecule has 0 aliphatic rings. The standard InChI is InChI=1S/C14H27N3O2S/c1-5-6-12-13(11-15-2)20-14(16-12)17(7-9-18-3)8-10-19-4/h15H,5-11H2,1-4H3. The Morgan fingerprint density at radius 3 is 2.35 bits per heavy atom. The molecular formula is C14H27N3O2S. The molecule has 1 rings (SSSR count). The zero-order valence-electron chi connectivity index (χ0n) is 13.1. The monoisotopic (exact) mass is 301 g/mol. The summed E-state index contributed by atoms with van der Waals surface area (Å²) in [5, 5.41) is 4.30. The fraction of sp³-hybridized carbons (Fsp3) is 0.786. The summed E-state index contributed by atoms with van der Waals surface area (Å²) in [5.41, 5.74) is 1.22. The van der Waals surface area contributed by atoms with Gasteiger partial charge in [-0.2, -0.15) is 0 Å². The SMILES string of the molecule is CCCc1nc(N(CCOC)CCOC)sc1CNC. The molecule has 0 aromatic carbocycles. The van der Waals surface area contributed by atoms with Crippen LogP contribution in [0.25, 0.3) is 0 Å². The van der Waals surface area contributed by atoms with Crippen molar-refractivity contribution in [2.75, 3.05) is 52.5 Å². The van der Waals surface area contributed by atoms with Crippen LogP contribution in [-0.2, 0) is 22.4 Å². The first-order valence-electron chi connectivity index (χ1n) is 7.12. The van der Waals surface area contributed by atoms with Crippen LogP contribution >= 0.6 is 11.3 Å². The van der Waals surface area contributed by atoms with Gasteiger partial charge < -0.3 is 19.7 Å². The van der Waals surface area contributed by atoms with Gasteiger partial charge in [0.1, 0.15) is 0 Å². The molecule has 20 heavy (non-hydrogen) atoms. The molecule has 1 N–H and O–H groups in total. The van der Waals surface area contributed by atoms with Crippen molar-refractivity contribution in [3.05, 3.63) is 10.6 Å². The van der Waals surface area contributed by atoms with E-state index in [9.17, 15) is 0 Å². The van der Waals surface area contributed by atoms with E-state index in [1.165, 1.54) is 10.6 Å². The largest absolute Gasteiger partial charge is 0.383 e.